The van der Waals surface area contributed by atoms with Gasteiger partial charge in [0.25, 0.3) is 0 Å². The van der Waals surface area contributed by atoms with Crippen LogP contribution < -0.4 is 15.2 Å². The van der Waals surface area contributed by atoms with Crippen molar-refractivity contribution in [3.63, 3.8) is 0 Å². The maximum atomic E-state index is 14.4. The van der Waals surface area contributed by atoms with Gasteiger partial charge in [-0.3, -0.25) is 0 Å². The Hall–Kier alpha value is -2.07. The van der Waals surface area contributed by atoms with Crippen LogP contribution in [0, 0.1) is 5.82 Å². The molecule has 3 rings (SSSR count). The molecule has 0 bridgehead atoms. The number of hydrogen-bond donors (Lipinski definition) is 1. The Morgan fingerprint density at radius 2 is 2.20 bits per heavy atom. The van der Waals surface area contributed by atoms with Crippen LogP contribution in [0.15, 0.2) is 30.3 Å². The minimum atomic E-state index is -0.350. The summed E-state index contributed by atoms with van der Waals surface area (Å²) in [5.41, 5.74) is 9.10. The number of fused-ring (bicyclic) bond motifs is 1. The standard InChI is InChI=1S/C16H16FNO2/c1-19-14-4-2-3-13(15(14)17)11-7-10-5-6-20-16(10)12(8-11)9-18/h2-4,7-8H,5-6,9,18H2,1H3. The van der Waals surface area contributed by atoms with Gasteiger partial charge in [-0.15, -0.1) is 0 Å². The van der Waals surface area contributed by atoms with Crippen molar-refractivity contribution in [1.29, 1.82) is 0 Å². The van der Waals surface area contributed by atoms with Gasteiger partial charge in [-0.25, -0.2) is 4.39 Å². The highest BCUT2D eigenvalue weighted by molar-refractivity contribution is 5.70. The quantitative estimate of drug-likeness (QED) is 0.935. The number of rotatable bonds is 3. The van der Waals surface area contributed by atoms with Crippen LogP contribution in [0.2, 0.25) is 0 Å². The van der Waals surface area contributed by atoms with E-state index < -0.39 is 0 Å². The van der Waals surface area contributed by atoms with Crippen molar-refractivity contribution in [2.24, 2.45) is 5.73 Å². The van der Waals surface area contributed by atoms with E-state index in [4.69, 9.17) is 15.2 Å². The molecule has 0 aromatic heterocycles. The summed E-state index contributed by atoms with van der Waals surface area (Å²) >= 11 is 0. The molecule has 0 saturated carbocycles. The molecule has 2 aromatic carbocycles. The Morgan fingerprint density at radius 1 is 1.35 bits per heavy atom. The van der Waals surface area contributed by atoms with Crippen LogP contribution in [0.1, 0.15) is 11.1 Å². The maximum Gasteiger partial charge on any atom is 0.172 e. The molecule has 0 spiro atoms. The SMILES string of the molecule is COc1cccc(-c2cc(CN)c3c(c2)CCO3)c1F. The molecule has 0 amide bonds. The highest BCUT2D eigenvalue weighted by atomic mass is 19.1. The van der Waals surface area contributed by atoms with Crippen LogP contribution in [0.5, 0.6) is 11.5 Å². The summed E-state index contributed by atoms with van der Waals surface area (Å²) in [5.74, 6) is 0.755. The van der Waals surface area contributed by atoms with Crippen molar-refractivity contribution < 1.29 is 13.9 Å². The average molecular weight is 273 g/mol. The summed E-state index contributed by atoms with van der Waals surface area (Å²) < 4.78 is 25.0. The number of benzene rings is 2. The van der Waals surface area contributed by atoms with Gasteiger partial charge in [0.1, 0.15) is 5.75 Å². The fourth-order valence-electron chi connectivity index (χ4n) is 2.59. The first-order valence-electron chi connectivity index (χ1n) is 6.56. The summed E-state index contributed by atoms with van der Waals surface area (Å²) in [6.07, 6.45) is 0.835. The van der Waals surface area contributed by atoms with E-state index in [0.717, 1.165) is 28.9 Å². The molecule has 0 saturated heterocycles. The fourth-order valence-corrected chi connectivity index (χ4v) is 2.59. The molecule has 1 heterocycles. The summed E-state index contributed by atoms with van der Waals surface area (Å²) in [6.45, 7) is 1.04. The second-order valence-corrected chi connectivity index (χ2v) is 4.75. The first-order chi connectivity index (χ1) is 9.74. The van der Waals surface area contributed by atoms with Gasteiger partial charge >= 0.3 is 0 Å². The lowest BCUT2D eigenvalue weighted by Crippen LogP contribution is -2.00. The zero-order valence-electron chi connectivity index (χ0n) is 11.3. The van der Waals surface area contributed by atoms with E-state index in [2.05, 4.69) is 0 Å². The summed E-state index contributed by atoms with van der Waals surface area (Å²) in [7, 11) is 1.46. The van der Waals surface area contributed by atoms with Gasteiger partial charge in [0, 0.05) is 24.1 Å². The maximum absolute atomic E-state index is 14.4. The molecule has 0 atom stereocenters. The summed E-state index contributed by atoms with van der Waals surface area (Å²) in [6, 6.07) is 9.00. The van der Waals surface area contributed by atoms with Crippen LogP contribution in [0.3, 0.4) is 0 Å². The molecular formula is C16H16FNO2. The van der Waals surface area contributed by atoms with Gasteiger partial charge in [-0.2, -0.15) is 0 Å². The zero-order valence-corrected chi connectivity index (χ0v) is 11.3. The molecule has 104 valence electrons. The number of hydrogen-bond acceptors (Lipinski definition) is 3. The minimum absolute atomic E-state index is 0.244. The van der Waals surface area contributed by atoms with Crippen molar-refractivity contribution in [2.75, 3.05) is 13.7 Å². The van der Waals surface area contributed by atoms with Crippen molar-refractivity contribution in [2.45, 2.75) is 13.0 Å². The Bertz CT molecular complexity index is 655. The first kappa shape index (κ1) is 12.9. The Kier molecular flexibility index (Phi) is 3.32. The lowest BCUT2D eigenvalue weighted by Gasteiger charge is -2.12. The largest absolute Gasteiger partial charge is 0.494 e. The van der Waals surface area contributed by atoms with Crippen LogP contribution in [-0.4, -0.2) is 13.7 Å². The van der Waals surface area contributed by atoms with Gasteiger partial charge in [-0.1, -0.05) is 12.1 Å². The predicted octanol–water partition coefficient (Wildman–Crippen LogP) is 2.89. The molecule has 0 unspecified atom stereocenters. The zero-order chi connectivity index (χ0) is 14.1. The number of ether oxygens (including phenoxy) is 2. The second kappa shape index (κ2) is 5.13. The monoisotopic (exact) mass is 273 g/mol. The van der Waals surface area contributed by atoms with Gasteiger partial charge in [-0.05, 0) is 29.3 Å². The molecule has 2 N–H and O–H groups in total. The van der Waals surface area contributed by atoms with Gasteiger partial charge in [0.05, 0.1) is 13.7 Å². The van der Waals surface area contributed by atoms with Crippen molar-refractivity contribution in [1.82, 2.24) is 0 Å². The molecule has 2 aromatic rings. The van der Waals surface area contributed by atoms with Crippen LogP contribution in [0.4, 0.5) is 4.39 Å². The van der Waals surface area contributed by atoms with Crippen LogP contribution >= 0.6 is 0 Å². The van der Waals surface area contributed by atoms with Gasteiger partial charge in [0.2, 0.25) is 0 Å². The number of methoxy groups -OCH3 is 1. The van der Waals surface area contributed by atoms with E-state index in [1.165, 1.54) is 7.11 Å². The fraction of sp³-hybridized carbons (Fsp3) is 0.250. The molecule has 0 fully saturated rings. The predicted molar refractivity (Wildman–Crippen MR) is 75.5 cm³/mol. The Morgan fingerprint density at radius 3 is 2.95 bits per heavy atom. The average Bonchev–Trinajstić information content (AvgIpc) is 2.94. The van der Waals surface area contributed by atoms with Crippen molar-refractivity contribution >= 4 is 0 Å². The van der Waals surface area contributed by atoms with E-state index in [9.17, 15) is 4.39 Å². The third kappa shape index (κ3) is 2.02. The third-order valence-electron chi connectivity index (χ3n) is 3.57. The highest BCUT2D eigenvalue weighted by Crippen LogP contribution is 2.36. The van der Waals surface area contributed by atoms with E-state index in [1.807, 2.05) is 12.1 Å². The minimum Gasteiger partial charge on any atom is -0.494 e. The molecule has 1 aliphatic rings. The highest BCUT2D eigenvalue weighted by Gasteiger charge is 2.19. The van der Waals surface area contributed by atoms with E-state index in [1.54, 1.807) is 18.2 Å². The molecular weight excluding hydrogens is 257 g/mol. The smallest absolute Gasteiger partial charge is 0.172 e. The molecule has 0 aliphatic carbocycles. The second-order valence-electron chi connectivity index (χ2n) is 4.75. The van der Waals surface area contributed by atoms with Gasteiger partial charge in [0.15, 0.2) is 11.6 Å². The van der Waals surface area contributed by atoms with Crippen LogP contribution in [-0.2, 0) is 13.0 Å². The molecule has 4 heteroatoms. The van der Waals surface area contributed by atoms with Crippen molar-refractivity contribution in [3.8, 4) is 22.6 Å². The van der Waals surface area contributed by atoms with Crippen molar-refractivity contribution in [3.05, 3.63) is 47.3 Å². The summed E-state index contributed by atoms with van der Waals surface area (Å²) in [5, 5.41) is 0. The topological polar surface area (TPSA) is 44.5 Å². The van der Waals surface area contributed by atoms with E-state index in [-0.39, 0.29) is 11.6 Å². The Labute approximate surface area is 117 Å². The molecule has 0 radical (unpaired) electrons. The number of halogens is 1. The van der Waals surface area contributed by atoms with E-state index >= 15 is 0 Å². The summed E-state index contributed by atoms with van der Waals surface area (Å²) in [4.78, 5) is 0. The lowest BCUT2D eigenvalue weighted by atomic mass is 9.97. The third-order valence-corrected chi connectivity index (χ3v) is 3.57. The molecule has 3 nitrogen and oxygen atoms in total. The molecule has 1 aliphatic heterocycles. The molecule has 20 heavy (non-hydrogen) atoms. The first-order valence-corrected chi connectivity index (χ1v) is 6.56. The van der Waals surface area contributed by atoms with E-state index in [0.29, 0.717) is 18.7 Å². The normalized spacial score (nSPS) is 12.9. The van der Waals surface area contributed by atoms with Gasteiger partial charge < -0.3 is 15.2 Å². The number of nitrogens with two attached hydrogens (primary N) is 1. The van der Waals surface area contributed by atoms with Crippen LogP contribution in [0.25, 0.3) is 11.1 Å². The lowest BCUT2D eigenvalue weighted by molar-refractivity contribution is 0.353. The Balaban J connectivity index is 2.16.